The Morgan fingerprint density at radius 1 is 1.26 bits per heavy atom. The molecule has 0 aliphatic carbocycles. The minimum absolute atomic E-state index is 0.0325. The van der Waals surface area contributed by atoms with Crippen LogP contribution in [0.1, 0.15) is 31.9 Å². The molecule has 0 spiro atoms. The van der Waals surface area contributed by atoms with Crippen molar-refractivity contribution in [3.8, 4) is 5.75 Å². The standard InChI is InChI=1S/C14H22O4S/c1-11-5-6-13(12(9-11)10-15)18-7-8-19(16,17)14(2,3)4/h5-6,9,15H,7-8,10H2,1-4H3. The molecule has 0 fully saturated rings. The number of hydrogen-bond acceptors (Lipinski definition) is 4. The van der Waals surface area contributed by atoms with Crippen LogP contribution in [0.15, 0.2) is 18.2 Å². The van der Waals surface area contributed by atoms with Crippen LogP contribution < -0.4 is 4.74 Å². The second-order valence-corrected chi connectivity index (χ2v) is 8.41. The molecule has 0 heterocycles. The molecule has 0 saturated carbocycles. The SMILES string of the molecule is Cc1ccc(OCCS(=O)(=O)C(C)(C)C)c(CO)c1. The molecule has 1 aromatic carbocycles. The van der Waals surface area contributed by atoms with E-state index in [1.165, 1.54) is 0 Å². The van der Waals surface area contributed by atoms with E-state index in [2.05, 4.69) is 0 Å². The van der Waals surface area contributed by atoms with Crippen molar-refractivity contribution in [1.29, 1.82) is 0 Å². The third kappa shape index (κ3) is 4.21. The summed E-state index contributed by atoms with van der Waals surface area (Å²) < 4.78 is 28.5. The molecule has 0 saturated heterocycles. The van der Waals surface area contributed by atoms with E-state index in [1.54, 1.807) is 26.8 Å². The van der Waals surface area contributed by atoms with Crippen molar-refractivity contribution in [3.63, 3.8) is 0 Å². The number of ether oxygens (including phenoxy) is 1. The Hall–Kier alpha value is -1.07. The van der Waals surface area contributed by atoms with Gasteiger partial charge in [-0.3, -0.25) is 0 Å². The summed E-state index contributed by atoms with van der Waals surface area (Å²) in [5.41, 5.74) is 1.70. The molecule has 4 nitrogen and oxygen atoms in total. The highest BCUT2D eigenvalue weighted by Crippen LogP contribution is 2.21. The van der Waals surface area contributed by atoms with Gasteiger partial charge in [-0.15, -0.1) is 0 Å². The van der Waals surface area contributed by atoms with Crippen molar-refractivity contribution >= 4 is 9.84 Å². The van der Waals surface area contributed by atoms with Crippen LogP contribution >= 0.6 is 0 Å². The van der Waals surface area contributed by atoms with Crippen molar-refractivity contribution in [3.05, 3.63) is 29.3 Å². The quantitative estimate of drug-likeness (QED) is 0.900. The summed E-state index contributed by atoms with van der Waals surface area (Å²) in [6, 6.07) is 5.45. The molecule has 1 aromatic rings. The molecule has 0 aliphatic heterocycles. The Morgan fingerprint density at radius 3 is 2.42 bits per heavy atom. The Balaban J connectivity index is 2.69. The number of aliphatic hydroxyl groups is 1. The van der Waals surface area contributed by atoms with Gasteiger partial charge in [-0.05, 0) is 33.8 Å². The van der Waals surface area contributed by atoms with Gasteiger partial charge in [0.15, 0.2) is 9.84 Å². The summed E-state index contributed by atoms with van der Waals surface area (Å²) in [5.74, 6) is 0.507. The van der Waals surface area contributed by atoms with Crippen LogP contribution in [0.2, 0.25) is 0 Å². The summed E-state index contributed by atoms with van der Waals surface area (Å²) >= 11 is 0. The number of hydrogen-bond donors (Lipinski definition) is 1. The fraction of sp³-hybridized carbons (Fsp3) is 0.571. The first kappa shape index (κ1) is 16.0. The second kappa shape index (κ2) is 5.92. The van der Waals surface area contributed by atoms with Gasteiger partial charge in [0.05, 0.1) is 17.1 Å². The van der Waals surface area contributed by atoms with Crippen LogP contribution in [-0.4, -0.2) is 30.6 Å². The molecular formula is C14H22O4S. The zero-order chi connectivity index (χ0) is 14.7. The van der Waals surface area contributed by atoms with Crippen molar-refractivity contribution in [2.75, 3.05) is 12.4 Å². The van der Waals surface area contributed by atoms with E-state index in [-0.39, 0.29) is 19.0 Å². The van der Waals surface area contributed by atoms with E-state index in [4.69, 9.17) is 4.74 Å². The third-order valence-electron chi connectivity index (χ3n) is 2.93. The number of sulfone groups is 1. The largest absolute Gasteiger partial charge is 0.492 e. The fourth-order valence-corrected chi connectivity index (χ4v) is 2.46. The maximum atomic E-state index is 11.9. The van der Waals surface area contributed by atoms with Crippen LogP contribution in [-0.2, 0) is 16.4 Å². The molecule has 1 N–H and O–H groups in total. The topological polar surface area (TPSA) is 63.6 Å². The lowest BCUT2D eigenvalue weighted by Gasteiger charge is -2.19. The summed E-state index contributed by atoms with van der Waals surface area (Å²) in [4.78, 5) is 0. The first-order valence-corrected chi connectivity index (χ1v) is 7.88. The van der Waals surface area contributed by atoms with Gasteiger partial charge < -0.3 is 9.84 Å². The van der Waals surface area contributed by atoms with E-state index in [1.807, 2.05) is 19.1 Å². The van der Waals surface area contributed by atoms with Crippen molar-refractivity contribution in [2.45, 2.75) is 39.0 Å². The number of aryl methyl sites for hydroxylation is 1. The molecular weight excluding hydrogens is 264 g/mol. The third-order valence-corrected chi connectivity index (χ3v) is 5.50. The Labute approximate surface area is 115 Å². The minimum atomic E-state index is -3.18. The first-order chi connectivity index (χ1) is 8.67. The van der Waals surface area contributed by atoms with Gasteiger partial charge >= 0.3 is 0 Å². The lowest BCUT2D eigenvalue weighted by atomic mass is 10.1. The summed E-state index contributed by atoms with van der Waals surface area (Å²) in [6.45, 7) is 6.92. The van der Waals surface area contributed by atoms with E-state index in [9.17, 15) is 13.5 Å². The van der Waals surface area contributed by atoms with Crippen LogP contribution in [0.4, 0.5) is 0 Å². The van der Waals surface area contributed by atoms with Crippen molar-refractivity contribution < 1.29 is 18.3 Å². The molecule has 1 rings (SSSR count). The average molecular weight is 286 g/mol. The van der Waals surface area contributed by atoms with Gasteiger partial charge in [0.1, 0.15) is 12.4 Å². The normalized spacial score (nSPS) is 12.5. The molecule has 0 aliphatic rings. The smallest absolute Gasteiger partial charge is 0.158 e. The van der Waals surface area contributed by atoms with Gasteiger partial charge in [0.2, 0.25) is 0 Å². The molecule has 108 valence electrons. The molecule has 0 unspecified atom stereocenters. The minimum Gasteiger partial charge on any atom is -0.492 e. The maximum absolute atomic E-state index is 11.9. The predicted octanol–water partition coefficient (Wildman–Crippen LogP) is 2.08. The van der Waals surface area contributed by atoms with Gasteiger partial charge in [0.25, 0.3) is 0 Å². The molecule has 5 heteroatoms. The van der Waals surface area contributed by atoms with E-state index in [0.29, 0.717) is 11.3 Å². The Morgan fingerprint density at radius 2 is 1.89 bits per heavy atom. The lowest BCUT2D eigenvalue weighted by molar-refractivity contribution is 0.267. The molecule has 0 amide bonds. The highest BCUT2D eigenvalue weighted by molar-refractivity contribution is 7.92. The Kier molecular flexibility index (Phi) is 4.98. The van der Waals surface area contributed by atoms with Crippen LogP contribution in [0.3, 0.4) is 0 Å². The number of rotatable bonds is 5. The van der Waals surface area contributed by atoms with E-state index in [0.717, 1.165) is 5.56 Å². The first-order valence-electron chi connectivity index (χ1n) is 6.23. The zero-order valence-electron chi connectivity index (χ0n) is 11.9. The summed E-state index contributed by atoms with van der Waals surface area (Å²) in [5, 5.41) is 9.23. The van der Waals surface area contributed by atoms with E-state index >= 15 is 0 Å². The summed E-state index contributed by atoms with van der Waals surface area (Å²) in [6.07, 6.45) is 0. The number of aliphatic hydroxyl groups excluding tert-OH is 1. The van der Waals surface area contributed by atoms with Crippen LogP contribution in [0.25, 0.3) is 0 Å². The van der Waals surface area contributed by atoms with Crippen LogP contribution in [0, 0.1) is 6.92 Å². The molecule has 0 bridgehead atoms. The molecule has 0 atom stereocenters. The predicted molar refractivity (Wildman–Crippen MR) is 76.1 cm³/mol. The summed E-state index contributed by atoms with van der Waals surface area (Å²) in [7, 11) is -3.18. The average Bonchev–Trinajstić information content (AvgIpc) is 2.29. The molecule has 19 heavy (non-hydrogen) atoms. The Bertz CT molecular complexity index is 527. The van der Waals surface area contributed by atoms with Gasteiger partial charge in [-0.1, -0.05) is 17.7 Å². The number of benzene rings is 1. The zero-order valence-corrected chi connectivity index (χ0v) is 12.8. The highest BCUT2D eigenvalue weighted by Gasteiger charge is 2.28. The maximum Gasteiger partial charge on any atom is 0.158 e. The monoisotopic (exact) mass is 286 g/mol. The molecule has 0 aromatic heterocycles. The van der Waals surface area contributed by atoms with Gasteiger partial charge in [0, 0.05) is 5.56 Å². The van der Waals surface area contributed by atoms with E-state index < -0.39 is 14.6 Å². The lowest BCUT2D eigenvalue weighted by Crippen LogP contribution is -2.32. The molecule has 0 radical (unpaired) electrons. The van der Waals surface area contributed by atoms with Crippen LogP contribution in [0.5, 0.6) is 5.75 Å². The highest BCUT2D eigenvalue weighted by atomic mass is 32.2. The van der Waals surface area contributed by atoms with Crippen molar-refractivity contribution in [1.82, 2.24) is 0 Å². The van der Waals surface area contributed by atoms with Crippen molar-refractivity contribution in [2.24, 2.45) is 0 Å². The van der Waals surface area contributed by atoms with Gasteiger partial charge in [-0.2, -0.15) is 0 Å². The van der Waals surface area contributed by atoms with Gasteiger partial charge in [-0.25, -0.2) is 8.42 Å². The fourth-order valence-electron chi connectivity index (χ4n) is 1.54. The second-order valence-electron chi connectivity index (χ2n) is 5.55.